The van der Waals surface area contributed by atoms with Crippen molar-refractivity contribution in [3.8, 4) is 22.4 Å². The van der Waals surface area contributed by atoms with E-state index in [2.05, 4.69) is 4.98 Å². The zero-order valence-corrected chi connectivity index (χ0v) is 11.1. The number of pyridine rings is 1. The second-order valence-electron chi connectivity index (χ2n) is 4.60. The van der Waals surface area contributed by atoms with Crippen LogP contribution in [0.1, 0.15) is 0 Å². The van der Waals surface area contributed by atoms with Gasteiger partial charge in [-0.1, -0.05) is 30.3 Å². The Kier molecular flexibility index (Phi) is 3.43. The second kappa shape index (κ2) is 5.54. The van der Waals surface area contributed by atoms with Gasteiger partial charge in [0.05, 0.1) is 10.6 Å². The molecule has 1 aromatic heterocycles. The van der Waals surface area contributed by atoms with E-state index < -0.39 is 4.92 Å². The third kappa shape index (κ3) is 2.79. The summed E-state index contributed by atoms with van der Waals surface area (Å²) in [6.07, 6.45) is 1.75. The Morgan fingerprint density at radius 3 is 2.19 bits per heavy atom. The third-order valence-corrected chi connectivity index (χ3v) is 3.24. The van der Waals surface area contributed by atoms with Crippen LogP contribution in [0.3, 0.4) is 0 Å². The molecule has 0 atom stereocenters. The minimum Gasteiger partial charge on any atom is -0.258 e. The van der Waals surface area contributed by atoms with Crippen LogP contribution in [0.4, 0.5) is 5.69 Å². The van der Waals surface area contributed by atoms with E-state index >= 15 is 0 Å². The number of benzene rings is 2. The zero-order valence-electron chi connectivity index (χ0n) is 11.1. The van der Waals surface area contributed by atoms with Crippen molar-refractivity contribution in [3.05, 3.63) is 83.0 Å². The van der Waals surface area contributed by atoms with Gasteiger partial charge in [0.2, 0.25) is 0 Å². The average molecular weight is 276 g/mol. The van der Waals surface area contributed by atoms with Crippen molar-refractivity contribution in [2.45, 2.75) is 0 Å². The second-order valence-corrected chi connectivity index (χ2v) is 4.60. The van der Waals surface area contributed by atoms with Gasteiger partial charge < -0.3 is 0 Å². The van der Waals surface area contributed by atoms with Gasteiger partial charge in [-0.15, -0.1) is 0 Å². The molecule has 3 rings (SSSR count). The molecule has 0 saturated carbocycles. The Hall–Kier alpha value is -3.01. The Labute approximate surface area is 121 Å². The van der Waals surface area contributed by atoms with E-state index in [0.29, 0.717) is 0 Å². The first-order valence-corrected chi connectivity index (χ1v) is 6.50. The van der Waals surface area contributed by atoms with Crippen LogP contribution in [0.15, 0.2) is 72.9 Å². The van der Waals surface area contributed by atoms with Crippen LogP contribution in [0.5, 0.6) is 0 Å². The van der Waals surface area contributed by atoms with Gasteiger partial charge in [0, 0.05) is 23.9 Å². The van der Waals surface area contributed by atoms with E-state index in [1.54, 1.807) is 18.3 Å². The minimum absolute atomic E-state index is 0.0936. The summed E-state index contributed by atoms with van der Waals surface area (Å²) in [7, 11) is 0. The van der Waals surface area contributed by atoms with E-state index in [0.717, 1.165) is 22.4 Å². The summed E-state index contributed by atoms with van der Waals surface area (Å²) >= 11 is 0. The monoisotopic (exact) mass is 276 g/mol. The van der Waals surface area contributed by atoms with Crippen LogP contribution in [-0.2, 0) is 0 Å². The summed E-state index contributed by atoms with van der Waals surface area (Å²) < 4.78 is 0. The SMILES string of the molecule is O=[N+]([O-])c1ccc(-c2ccnc(-c3ccccc3)c2)cc1. The number of nitro groups is 1. The lowest BCUT2D eigenvalue weighted by Gasteiger charge is -2.05. The van der Waals surface area contributed by atoms with E-state index in [9.17, 15) is 10.1 Å². The first-order valence-electron chi connectivity index (χ1n) is 6.50. The molecule has 0 amide bonds. The highest BCUT2D eigenvalue weighted by Gasteiger charge is 2.06. The predicted octanol–water partition coefficient (Wildman–Crippen LogP) is 4.32. The molecule has 0 radical (unpaired) electrons. The molecule has 21 heavy (non-hydrogen) atoms. The highest BCUT2D eigenvalue weighted by atomic mass is 16.6. The smallest absolute Gasteiger partial charge is 0.258 e. The fourth-order valence-corrected chi connectivity index (χ4v) is 2.15. The number of hydrogen-bond donors (Lipinski definition) is 0. The molecule has 4 heteroatoms. The van der Waals surface area contributed by atoms with E-state index in [4.69, 9.17) is 0 Å². The predicted molar refractivity (Wildman–Crippen MR) is 81.8 cm³/mol. The first kappa shape index (κ1) is 13.0. The van der Waals surface area contributed by atoms with Crippen molar-refractivity contribution in [2.75, 3.05) is 0 Å². The standard InChI is InChI=1S/C17H12N2O2/c20-19(21)16-8-6-13(7-9-16)15-10-11-18-17(12-15)14-4-2-1-3-5-14/h1-12H. The molecule has 0 spiro atoms. The van der Waals surface area contributed by atoms with Crippen molar-refractivity contribution in [1.29, 1.82) is 0 Å². The van der Waals surface area contributed by atoms with Crippen LogP contribution in [-0.4, -0.2) is 9.91 Å². The zero-order chi connectivity index (χ0) is 14.7. The number of hydrogen-bond acceptors (Lipinski definition) is 3. The summed E-state index contributed by atoms with van der Waals surface area (Å²) in [5, 5.41) is 10.7. The quantitative estimate of drug-likeness (QED) is 0.528. The molecule has 0 N–H and O–H groups in total. The van der Waals surface area contributed by atoms with Gasteiger partial charge >= 0.3 is 0 Å². The number of non-ortho nitro benzene ring substituents is 1. The molecule has 0 aliphatic heterocycles. The normalized spacial score (nSPS) is 10.3. The molecule has 0 aliphatic rings. The van der Waals surface area contributed by atoms with Crippen LogP contribution < -0.4 is 0 Å². The van der Waals surface area contributed by atoms with Crippen molar-refractivity contribution in [1.82, 2.24) is 4.98 Å². The summed E-state index contributed by atoms with van der Waals surface area (Å²) in [5.41, 5.74) is 3.93. The number of nitro benzene ring substituents is 1. The Balaban J connectivity index is 1.98. The molecule has 0 aliphatic carbocycles. The lowest BCUT2D eigenvalue weighted by atomic mass is 10.0. The molecular formula is C17H12N2O2. The Morgan fingerprint density at radius 1 is 0.810 bits per heavy atom. The maximum atomic E-state index is 10.7. The first-order chi connectivity index (χ1) is 10.2. The molecule has 0 fully saturated rings. The maximum absolute atomic E-state index is 10.7. The van der Waals surface area contributed by atoms with Crippen LogP contribution in [0, 0.1) is 10.1 Å². The van der Waals surface area contributed by atoms with Gasteiger partial charge in [-0.05, 0) is 35.4 Å². The van der Waals surface area contributed by atoms with Gasteiger partial charge in [0.15, 0.2) is 0 Å². The van der Waals surface area contributed by atoms with E-state index in [1.807, 2.05) is 42.5 Å². The van der Waals surface area contributed by atoms with Crippen LogP contribution >= 0.6 is 0 Å². The molecular weight excluding hydrogens is 264 g/mol. The van der Waals surface area contributed by atoms with Crippen LogP contribution in [0.25, 0.3) is 22.4 Å². The summed E-state index contributed by atoms with van der Waals surface area (Å²) in [6, 6.07) is 20.3. The third-order valence-electron chi connectivity index (χ3n) is 3.24. The number of rotatable bonds is 3. The topological polar surface area (TPSA) is 56.0 Å². The van der Waals surface area contributed by atoms with Crippen molar-refractivity contribution in [2.24, 2.45) is 0 Å². The highest BCUT2D eigenvalue weighted by molar-refractivity contribution is 5.70. The molecule has 1 heterocycles. The Morgan fingerprint density at radius 2 is 1.52 bits per heavy atom. The molecule has 0 unspecified atom stereocenters. The molecule has 4 nitrogen and oxygen atoms in total. The molecule has 0 bridgehead atoms. The van der Waals surface area contributed by atoms with Crippen molar-refractivity contribution < 1.29 is 4.92 Å². The fourth-order valence-electron chi connectivity index (χ4n) is 2.15. The van der Waals surface area contributed by atoms with E-state index in [1.165, 1.54) is 12.1 Å². The van der Waals surface area contributed by atoms with Gasteiger partial charge in [-0.2, -0.15) is 0 Å². The number of aromatic nitrogens is 1. The highest BCUT2D eigenvalue weighted by Crippen LogP contribution is 2.25. The molecule has 3 aromatic rings. The maximum Gasteiger partial charge on any atom is 0.269 e. The van der Waals surface area contributed by atoms with Crippen molar-refractivity contribution in [3.63, 3.8) is 0 Å². The average Bonchev–Trinajstić information content (AvgIpc) is 2.56. The summed E-state index contributed by atoms with van der Waals surface area (Å²) in [6.45, 7) is 0. The largest absolute Gasteiger partial charge is 0.269 e. The van der Waals surface area contributed by atoms with Gasteiger partial charge in [-0.25, -0.2) is 0 Å². The molecule has 102 valence electrons. The van der Waals surface area contributed by atoms with Gasteiger partial charge in [-0.3, -0.25) is 15.1 Å². The number of nitrogens with zero attached hydrogens (tertiary/aromatic N) is 2. The van der Waals surface area contributed by atoms with Gasteiger partial charge in [0.1, 0.15) is 0 Å². The summed E-state index contributed by atoms with van der Waals surface area (Å²) in [5.74, 6) is 0. The summed E-state index contributed by atoms with van der Waals surface area (Å²) in [4.78, 5) is 14.7. The van der Waals surface area contributed by atoms with Gasteiger partial charge in [0.25, 0.3) is 5.69 Å². The molecule has 2 aromatic carbocycles. The molecule has 0 saturated heterocycles. The lowest BCUT2D eigenvalue weighted by Crippen LogP contribution is -1.88. The lowest BCUT2D eigenvalue weighted by molar-refractivity contribution is -0.384. The van der Waals surface area contributed by atoms with E-state index in [-0.39, 0.29) is 5.69 Å². The fraction of sp³-hybridized carbons (Fsp3) is 0. The van der Waals surface area contributed by atoms with Crippen LogP contribution in [0.2, 0.25) is 0 Å². The Bertz CT molecular complexity index is 768. The van der Waals surface area contributed by atoms with Crippen molar-refractivity contribution >= 4 is 5.69 Å². The minimum atomic E-state index is -0.397.